The number of hydrogen-bond acceptors (Lipinski definition) is 1. The summed E-state index contributed by atoms with van der Waals surface area (Å²) < 4.78 is 0. The highest BCUT2D eigenvalue weighted by Crippen LogP contribution is 2.42. The summed E-state index contributed by atoms with van der Waals surface area (Å²) in [5.41, 5.74) is 2.69. The molecule has 0 aromatic heterocycles. The Morgan fingerprint density at radius 3 is 2.75 bits per heavy atom. The minimum Gasteiger partial charge on any atom is -0.355 e. The molecule has 3 aliphatic carbocycles. The van der Waals surface area contributed by atoms with Crippen LogP contribution >= 0.6 is 0 Å². The third-order valence-corrected chi connectivity index (χ3v) is 4.53. The van der Waals surface area contributed by atoms with E-state index in [0.717, 1.165) is 32.2 Å². The lowest BCUT2D eigenvalue weighted by Gasteiger charge is -2.35. The standard InChI is InChI=1S/C18H29NO/c1-4-5-6-7-8-19-17(20)18(3)12-14(2)9-15-10-16(11-15)13-18/h9,13-14H,4-8,10-12H2,1-3H3,(H,19,20). The molecular formula is C18H29NO. The van der Waals surface area contributed by atoms with Crippen LogP contribution in [0.25, 0.3) is 0 Å². The molecule has 2 atom stereocenters. The summed E-state index contributed by atoms with van der Waals surface area (Å²) in [5.74, 6) is 0.719. The molecule has 0 aliphatic heterocycles. The van der Waals surface area contributed by atoms with Crippen LogP contribution in [0.1, 0.15) is 65.7 Å². The van der Waals surface area contributed by atoms with Gasteiger partial charge in [0.25, 0.3) is 0 Å². The molecule has 1 saturated carbocycles. The molecule has 1 N–H and O–H groups in total. The molecule has 0 heterocycles. The third kappa shape index (κ3) is 3.74. The number of hydrogen-bond donors (Lipinski definition) is 1. The molecule has 3 aliphatic rings. The summed E-state index contributed by atoms with van der Waals surface area (Å²) in [6, 6.07) is 0. The van der Waals surface area contributed by atoms with E-state index in [2.05, 4.69) is 38.2 Å². The van der Waals surface area contributed by atoms with Crippen molar-refractivity contribution >= 4 is 5.91 Å². The molecule has 20 heavy (non-hydrogen) atoms. The van der Waals surface area contributed by atoms with Crippen molar-refractivity contribution in [2.75, 3.05) is 6.54 Å². The lowest BCUT2D eigenvalue weighted by molar-refractivity contribution is -0.128. The third-order valence-electron chi connectivity index (χ3n) is 4.53. The largest absolute Gasteiger partial charge is 0.355 e. The Labute approximate surface area is 123 Å². The highest BCUT2D eigenvalue weighted by molar-refractivity contribution is 5.84. The van der Waals surface area contributed by atoms with Crippen LogP contribution in [-0.4, -0.2) is 12.5 Å². The van der Waals surface area contributed by atoms with Crippen LogP contribution in [0, 0.1) is 11.3 Å². The maximum Gasteiger partial charge on any atom is 0.229 e. The Morgan fingerprint density at radius 1 is 1.30 bits per heavy atom. The lowest BCUT2D eigenvalue weighted by atomic mass is 9.70. The van der Waals surface area contributed by atoms with E-state index in [9.17, 15) is 4.79 Å². The molecule has 2 nitrogen and oxygen atoms in total. The predicted octanol–water partition coefficient (Wildman–Crippen LogP) is 4.38. The van der Waals surface area contributed by atoms with Gasteiger partial charge < -0.3 is 5.32 Å². The van der Waals surface area contributed by atoms with Gasteiger partial charge in [-0.25, -0.2) is 0 Å². The number of carbonyl (C=O) groups excluding carboxylic acids is 1. The van der Waals surface area contributed by atoms with E-state index in [-0.39, 0.29) is 11.3 Å². The number of unbranched alkanes of at least 4 members (excludes halogenated alkanes) is 3. The zero-order valence-corrected chi connectivity index (χ0v) is 13.3. The molecule has 0 aromatic carbocycles. The van der Waals surface area contributed by atoms with Gasteiger partial charge in [0.15, 0.2) is 0 Å². The molecule has 2 unspecified atom stereocenters. The zero-order chi connectivity index (χ0) is 14.6. The van der Waals surface area contributed by atoms with Crippen LogP contribution in [0.15, 0.2) is 23.3 Å². The first kappa shape index (κ1) is 15.3. The smallest absolute Gasteiger partial charge is 0.229 e. The van der Waals surface area contributed by atoms with Crippen molar-refractivity contribution in [2.24, 2.45) is 11.3 Å². The number of rotatable bonds is 6. The van der Waals surface area contributed by atoms with Gasteiger partial charge in [0.1, 0.15) is 0 Å². The van der Waals surface area contributed by atoms with E-state index in [1.807, 2.05) is 0 Å². The number of amides is 1. The number of carbonyl (C=O) groups is 1. The molecule has 2 heteroatoms. The Hall–Kier alpha value is -1.05. The maximum atomic E-state index is 12.5. The van der Waals surface area contributed by atoms with Gasteiger partial charge in [-0.3, -0.25) is 4.79 Å². The van der Waals surface area contributed by atoms with Crippen molar-refractivity contribution in [3.63, 3.8) is 0 Å². The Balaban J connectivity index is 1.89. The molecule has 1 amide bonds. The molecule has 112 valence electrons. The molecule has 2 bridgehead atoms. The van der Waals surface area contributed by atoms with Gasteiger partial charge in [0.2, 0.25) is 5.91 Å². The van der Waals surface area contributed by atoms with E-state index in [4.69, 9.17) is 0 Å². The van der Waals surface area contributed by atoms with Crippen LogP contribution in [0.2, 0.25) is 0 Å². The Morgan fingerprint density at radius 2 is 2.05 bits per heavy atom. The Bertz CT molecular complexity index is 411. The quantitative estimate of drug-likeness (QED) is 0.566. The molecule has 3 rings (SSSR count). The summed E-state index contributed by atoms with van der Waals surface area (Å²) in [4.78, 5) is 12.5. The monoisotopic (exact) mass is 275 g/mol. The van der Waals surface area contributed by atoms with Gasteiger partial charge in [0.05, 0.1) is 5.41 Å². The van der Waals surface area contributed by atoms with Crippen LogP contribution < -0.4 is 5.32 Å². The van der Waals surface area contributed by atoms with Crippen molar-refractivity contribution in [2.45, 2.75) is 65.7 Å². The fourth-order valence-electron chi connectivity index (χ4n) is 3.50. The fourth-order valence-corrected chi connectivity index (χ4v) is 3.50. The van der Waals surface area contributed by atoms with Gasteiger partial charge in [-0.1, -0.05) is 56.4 Å². The topological polar surface area (TPSA) is 29.1 Å². The second kappa shape index (κ2) is 6.60. The van der Waals surface area contributed by atoms with Crippen molar-refractivity contribution in [1.29, 1.82) is 0 Å². The number of nitrogens with one attached hydrogen (secondary N) is 1. The van der Waals surface area contributed by atoms with Crippen LogP contribution in [-0.2, 0) is 4.79 Å². The normalized spacial score (nSPS) is 28.6. The van der Waals surface area contributed by atoms with Crippen molar-refractivity contribution in [3.8, 4) is 0 Å². The van der Waals surface area contributed by atoms with Crippen LogP contribution in [0.5, 0.6) is 0 Å². The maximum absolute atomic E-state index is 12.5. The number of allylic oxidation sites excluding steroid dienone is 3. The van der Waals surface area contributed by atoms with Gasteiger partial charge in [-0.2, -0.15) is 0 Å². The van der Waals surface area contributed by atoms with E-state index < -0.39 is 0 Å². The second-order valence-corrected chi connectivity index (χ2v) is 6.90. The van der Waals surface area contributed by atoms with E-state index >= 15 is 0 Å². The fraction of sp³-hybridized carbons (Fsp3) is 0.722. The highest BCUT2D eigenvalue weighted by Gasteiger charge is 2.35. The molecule has 0 saturated heterocycles. The van der Waals surface area contributed by atoms with Crippen molar-refractivity contribution in [3.05, 3.63) is 23.3 Å². The van der Waals surface area contributed by atoms with Crippen LogP contribution in [0.3, 0.4) is 0 Å². The average Bonchev–Trinajstić information content (AvgIpc) is 2.33. The first-order chi connectivity index (χ1) is 9.53. The summed E-state index contributed by atoms with van der Waals surface area (Å²) in [6.07, 6.45) is 12.6. The molecular weight excluding hydrogens is 246 g/mol. The van der Waals surface area contributed by atoms with Gasteiger partial charge >= 0.3 is 0 Å². The molecule has 0 aromatic rings. The average molecular weight is 275 g/mol. The summed E-state index contributed by atoms with van der Waals surface area (Å²) in [5, 5.41) is 3.15. The summed E-state index contributed by atoms with van der Waals surface area (Å²) in [7, 11) is 0. The summed E-state index contributed by atoms with van der Waals surface area (Å²) in [6.45, 7) is 7.38. The van der Waals surface area contributed by atoms with E-state index in [1.165, 1.54) is 24.8 Å². The Kier molecular flexibility index (Phi) is 5.06. The SMILES string of the molecule is CCCCCCNC(=O)C1(C)C=C2CC(=CC(C)C1)C2. The molecule has 1 fully saturated rings. The van der Waals surface area contributed by atoms with Gasteiger partial charge in [-0.15, -0.1) is 0 Å². The minimum atomic E-state index is -0.318. The van der Waals surface area contributed by atoms with Crippen LogP contribution in [0.4, 0.5) is 0 Å². The lowest BCUT2D eigenvalue weighted by Crippen LogP contribution is -2.40. The first-order valence-electron chi connectivity index (χ1n) is 8.22. The first-order valence-corrected chi connectivity index (χ1v) is 8.22. The minimum absolute atomic E-state index is 0.220. The van der Waals surface area contributed by atoms with Gasteiger partial charge in [-0.05, 0) is 38.5 Å². The van der Waals surface area contributed by atoms with E-state index in [0.29, 0.717) is 5.92 Å². The molecule has 0 spiro atoms. The van der Waals surface area contributed by atoms with Crippen molar-refractivity contribution in [1.82, 2.24) is 5.32 Å². The van der Waals surface area contributed by atoms with E-state index in [1.54, 1.807) is 5.57 Å². The van der Waals surface area contributed by atoms with Crippen molar-refractivity contribution < 1.29 is 4.79 Å². The number of fused-ring (bicyclic) bond motifs is 4. The zero-order valence-electron chi connectivity index (χ0n) is 13.3. The molecule has 0 radical (unpaired) electrons. The predicted molar refractivity (Wildman–Crippen MR) is 84.4 cm³/mol. The van der Waals surface area contributed by atoms with Gasteiger partial charge in [0, 0.05) is 6.54 Å². The second-order valence-electron chi connectivity index (χ2n) is 6.90. The summed E-state index contributed by atoms with van der Waals surface area (Å²) >= 11 is 0. The highest BCUT2D eigenvalue weighted by atomic mass is 16.2.